The second kappa shape index (κ2) is 7.01. The highest BCUT2D eigenvalue weighted by atomic mass is 16.5. The number of furan rings is 1. The van der Waals surface area contributed by atoms with Crippen LogP contribution in [0.4, 0.5) is 0 Å². The van der Waals surface area contributed by atoms with Gasteiger partial charge in [0, 0.05) is 4.91 Å². The monoisotopic (exact) mass is 299 g/mol. The zero-order valence-electron chi connectivity index (χ0n) is 12.0. The number of aldehydes is 1. The van der Waals surface area contributed by atoms with Gasteiger partial charge in [-0.05, 0) is 41.9 Å². The molecule has 7 nitrogen and oxygen atoms in total. The SMILES string of the molecule is COc1ccc(OC)c(-c2ccc(/C=C(/C=O)N=[N+]=[N-])o2)c1. The molecule has 1 heterocycles. The summed E-state index contributed by atoms with van der Waals surface area (Å²) in [6.07, 6.45) is 1.80. The third-order valence-corrected chi connectivity index (χ3v) is 2.87. The summed E-state index contributed by atoms with van der Waals surface area (Å²) >= 11 is 0. The van der Waals surface area contributed by atoms with Crippen molar-refractivity contribution in [3.63, 3.8) is 0 Å². The standard InChI is InChI=1S/C15H13N3O4/c1-20-11-3-5-14(21-2)13(8-11)15-6-4-12(22-15)7-10(9-19)17-18-16/h3-9H,1-2H3/b10-7-. The number of carbonyl (C=O) groups is 1. The fraction of sp³-hybridized carbons (Fsp3) is 0.133. The first-order valence-corrected chi connectivity index (χ1v) is 6.26. The zero-order chi connectivity index (χ0) is 15.9. The van der Waals surface area contributed by atoms with Gasteiger partial charge in [-0.1, -0.05) is 5.11 Å². The Morgan fingerprint density at radius 2 is 2.09 bits per heavy atom. The van der Waals surface area contributed by atoms with E-state index in [1.165, 1.54) is 6.08 Å². The lowest BCUT2D eigenvalue weighted by atomic mass is 10.1. The van der Waals surface area contributed by atoms with Crippen LogP contribution in [0.25, 0.3) is 27.8 Å². The van der Waals surface area contributed by atoms with Crippen molar-refractivity contribution in [1.82, 2.24) is 0 Å². The van der Waals surface area contributed by atoms with Crippen LogP contribution >= 0.6 is 0 Å². The van der Waals surface area contributed by atoms with Crippen LogP contribution < -0.4 is 9.47 Å². The van der Waals surface area contributed by atoms with Crippen molar-refractivity contribution < 1.29 is 18.7 Å². The average molecular weight is 299 g/mol. The molecule has 0 atom stereocenters. The Bertz CT molecular complexity index is 758. The Kier molecular flexibility index (Phi) is 4.85. The molecular formula is C15H13N3O4. The van der Waals surface area contributed by atoms with Gasteiger partial charge in [0.2, 0.25) is 0 Å². The predicted molar refractivity (Wildman–Crippen MR) is 80.4 cm³/mol. The van der Waals surface area contributed by atoms with Crippen molar-refractivity contribution in [2.24, 2.45) is 5.11 Å². The molecular weight excluding hydrogens is 286 g/mol. The Morgan fingerprint density at radius 1 is 1.27 bits per heavy atom. The van der Waals surface area contributed by atoms with E-state index >= 15 is 0 Å². The van der Waals surface area contributed by atoms with E-state index in [0.29, 0.717) is 34.9 Å². The molecule has 7 heteroatoms. The molecule has 0 saturated carbocycles. The van der Waals surface area contributed by atoms with E-state index in [1.807, 2.05) is 0 Å². The van der Waals surface area contributed by atoms with Crippen LogP contribution in [-0.4, -0.2) is 20.5 Å². The summed E-state index contributed by atoms with van der Waals surface area (Å²) in [5.74, 6) is 2.20. The number of benzene rings is 1. The highest BCUT2D eigenvalue weighted by Crippen LogP contribution is 2.34. The van der Waals surface area contributed by atoms with E-state index in [1.54, 1.807) is 44.6 Å². The number of azide groups is 1. The van der Waals surface area contributed by atoms with E-state index in [0.717, 1.165) is 0 Å². The second-order valence-corrected chi connectivity index (χ2v) is 4.14. The maximum atomic E-state index is 10.7. The maximum absolute atomic E-state index is 10.7. The minimum atomic E-state index is -0.0685. The van der Waals surface area contributed by atoms with Gasteiger partial charge in [-0.25, -0.2) is 0 Å². The summed E-state index contributed by atoms with van der Waals surface area (Å²) in [5.41, 5.74) is 8.99. The second-order valence-electron chi connectivity index (χ2n) is 4.14. The molecule has 2 aromatic rings. The molecule has 1 aromatic carbocycles. The minimum absolute atomic E-state index is 0.0685. The molecule has 0 bridgehead atoms. The fourth-order valence-electron chi connectivity index (χ4n) is 1.87. The number of rotatable bonds is 6. The average Bonchev–Trinajstić information content (AvgIpc) is 3.02. The first-order chi connectivity index (χ1) is 10.7. The zero-order valence-corrected chi connectivity index (χ0v) is 12.0. The van der Waals surface area contributed by atoms with Gasteiger partial charge in [0.15, 0.2) is 6.29 Å². The molecule has 0 fully saturated rings. The van der Waals surface area contributed by atoms with Crippen LogP contribution in [0.3, 0.4) is 0 Å². The van der Waals surface area contributed by atoms with Crippen molar-refractivity contribution >= 4 is 12.4 Å². The highest BCUT2D eigenvalue weighted by Gasteiger charge is 2.11. The minimum Gasteiger partial charge on any atom is -0.497 e. The van der Waals surface area contributed by atoms with E-state index in [9.17, 15) is 4.79 Å². The Labute approximate surface area is 126 Å². The summed E-state index contributed by atoms with van der Waals surface area (Å²) < 4.78 is 16.1. The van der Waals surface area contributed by atoms with E-state index < -0.39 is 0 Å². The van der Waals surface area contributed by atoms with Crippen molar-refractivity contribution in [1.29, 1.82) is 0 Å². The van der Waals surface area contributed by atoms with Crippen molar-refractivity contribution in [3.8, 4) is 22.8 Å². The van der Waals surface area contributed by atoms with Crippen LogP contribution in [0, 0.1) is 0 Å². The lowest BCUT2D eigenvalue weighted by molar-refractivity contribution is -0.104. The third kappa shape index (κ3) is 3.28. The number of hydrogen-bond acceptors (Lipinski definition) is 5. The number of carbonyl (C=O) groups excluding carboxylic acids is 1. The molecule has 0 aliphatic heterocycles. The molecule has 0 radical (unpaired) electrons. The number of ether oxygens (including phenoxy) is 2. The number of methoxy groups -OCH3 is 2. The molecule has 1 aromatic heterocycles. The van der Waals surface area contributed by atoms with E-state index in [2.05, 4.69) is 10.0 Å². The third-order valence-electron chi connectivity index (χ3n) is 2.87. The molecule has 0 unspecified atom stereocenters. The molecule has 0 saturated heterocycles. The summed E-state index contributed by atoms with van der Waals surface area (Å²) in [6.45, 7) is 0. The first-order valence-electron chi connectivity index (χ1n) is 6.26. The Morgan fingerprint density at radius 3 is 2.73 bits per heavy atom. The van der Waals surface area contributed by atoms with Gasteiger partial charge in [-0.15, -0.1) is 0 Å². The number of allylic oxidation sites excluding steroid dienone is 1. The van der Waals surface area contributed by atoms with E-state index in [4.69, 9.17) is 19.4 Å². The Balaban J connectivity index is 2.43. The van der Waals surface area contributed by atoms with Gasteiger partial charge in [0.1, 0.15) is 23.0 Å². The van der Waals surface area contributed by atoms with Gasteiger partial charge in [-0.2, -0.15) is 0 Å². The summed E-state index contributed by atoms with van der Waals surface area (Å²) in [7, 11) is 3.12. The normalized spacial score (nSPS) is 10.7. The molecule has 0 N–H and O–H groups in total. The molecule has 0 amide bonds. The fourth-order valence-corrected chi connectivity index (χ4v) is 1.87. The quantitative estimate of drug-likeness (QED) is 0.266. The smallest absolute Gasteiger partial charge is 0.152 e. The van der Waals surface area contributed by atoms with Crippen LogP contribution in [0.5, 0.6) is 11.5 Å². The van der Waals surface area contributed by atoms with Crippen LogP contribution in [0.2, 0.25) is 0 Å². The topological polar surface area (TPSA) is 97.4 Å². The number of hydrogen-bond donors (Lipinski definition) is 0. The molecule has 22 heavy (non-hydrogen) atoms. The molecule has 2 rings (SSSR count). The summed E-state index contributed by atoms with van der Waals surface area (Å²) in [5, 5.41) is 3.25. The molecule has 112 valence electrons. The Hall–Kier alpha value is -3.18. The van der Waals surface area contributed by atoms with E-state index in [-0.39, 0.29) is 5.70 Å². The summed E-state index contributed by atoms with van der Waals surface area (Å²) in [6, 6.07) is 8.70. The lowest BCUT2D eigenvalue weighted by Gasteiger charge is -2.08. The molecule has 0 aliphatic carbocycles. The molecule has 0 spiro atoms. The van der Waals surface area contributed by atoms with Crippen molar-refractivity contribution in [2.45, 2.75) is 0 Å². The van der Waals surface area contributed by atoms with Gasteiger partial charge in [-0.3, -0.25) is 4.79 Å². The first kappa shape index (κ1) is 15.2. The van der Waals surface area contributed by atoms with Crippen LogP contribution in [0.15, 0.2) is 45.6 Å². The number of nitrogens with zero attached hydrogens (tertiary/aromatic N) is 3. The van der Waals surface area contributed by atoms with Gasteiger partial charge in [0.25, 0.3) is 0 Å². The highest BCUT2D eigenvalue weighted by molar-refractivity contribution is 5.80. The lowest BCUT2D eigenvalue weighted by Crippen LogP contribution is -1.89. The van der Waals surface area contributed by atoms with Gasteiger partial charge in [0.05, 0.1) is 25.5 Å². The van der Waals surface area contributed by atoms with Crippen molar-refractivity contribution in [2.75, 3.05) is 14.2 Å². The maximum Gasteiger partial charge on any atom is 0.152 e. The molecule has 0 aliphatic rings. The van der Waals surface area contributed by atoms with Gasteiger partial charge < -0.3 is 13.9 Å². The van der Waals surface area contributed by atoms with Gasteiger partial charge >= 0.3 is 0 Å². The largest absolute Gasteiger partial charge is 0.497 e. The van der Waals surface area contributed by atoms with Crippen LogP contribution in [-0.2, 0) is 4.79 Å². The van der Waals surface area contributed by atoms with Crippen molar-refractivity contribution in [3.05, 3.63) is 52.2 Å². The predicted octanol–water partition coefficient (Wildman–Crippen LogP) is 3.81. The van der Waals surface area contributed by atoms with Crippen LogP contribution in [0.1, 0.15) is 5.76 Å². The summed E-state index contributed by atoms with van der Waals surface area (Å²) in [4.78, 5) is 13.3.